The normalized spacial score (nSPS) is 22.3. The molecule has 0 aliphatic carbocycles. The second kappa shape index (κ2) is 6.32. The van der Waals surface area contributed by atoms with Crippen LogP contribution in [0.5, 0.6) is 0 Å². The number of nitrogens with zero attached hydrogens (tertiary/aromatic N) is 2. The molecule has 0 saturated carbocycles. The largest absolute Gasteiger partial charge is 0.311 e. The van der Waals surface area contributed by atoms with Crippen molar-refractivity contribution < 1.29 is 0 Å². The molecule has 0 amide bonds. The van der Waals surface area contributed by atoms with Crippen LogP contribution in [0.4, 0.5) is 0 Å². The van der Waals surface area contributed by atoms with E-state index in [1.807, 2.05) is 0 Å². The Hall–Kier alpha value is -0.900. The fourth-order valence-electron chi connectivity index (χ4n) is 2.41. The van der Waals surface area contributed by atoms with Crippen LogP contribution < -0.4 is 5.32 Å². The van der Waals surface area contributed by atoms with E-state index in [4.69, 9.17) is 0 Å². The molecule has 1 unspecified atom stereocenters. The zero-order chi connectivity index (χ0) is 13.0. The number of likely N-dealkylation sites (N-methyl/N-ethyl adjacent to an activating group) is 2. The summed E-state index contributed by atoms with van der Waals surface area (Å²) in [5, 5.41) is 3.57. The zero-order valence-corrected chi connectivity index (χ0v) is 11.8. The van der Waals surface area contributed by atoms with Crippen molar-refractivity contribution in [1.82, 2.24) is 15.1 Å². The van der Waals surface area contributed by atoms with E-state index >= 15 is 0 Å². The van der Waals surface area contributed by atoms with E-state index in [1.54, 1.807) is 0 Å². The molecule has 1 aliphatic heterocycles. The van der Waals surface area contributed by atoms with Gasteiger partial charge < -0.3 is 10.2 Å². The molecule has 1 aromatic rings. The highest BCUT2D eigenvalue weighted by atomic mass is 15.3. The highest BCUT2D eigenvalue weighted by molar-refractivity contribution is 5.21. The molecule has 0 radical (unpaired) electrons. The van der Waals surface area contributed by atoms with E-state index in [-0.39, 0.29) is 0 Å². The average molecular weight is 247 g/mol. The molecule has 1 atom stereocenters. The van der Waals surface area contributed by atoms with Gasteiger partial charge in [0.15, 0.2) is 0 Å². The molecular formula is C15H25N3. The van der Waals surface area contributed by atoms with Crippen molar-refractivity contribution in [2.24, 2.45) is 0 Å². The summed E-state index contributed by atoms with van der Waals surface area (Å²) in [6.45, 7) is 7.68. The van der Waals surface area contributed by atoms with Gasteiger partial charge in [0.2, 0.25) is 0 Å². The molecule has 1 aliphatic rings. The molecule has 1 fully saturated rings. The third-order valence-corrected chi connectivity index (χ3v) is 3.81. The van der Waals surface area contributed by atoms with Crippen LogP contribution in [-0.4, -0.2) is 56.1 Å². The number of benzene rings is 1. The summed E-state index contributed by atoms with van der Waals surface area (Å²) in [4.78, 5) is 4.88. The lowest BCUT2D eigenvalue weighted by Crippen LogP contribution is -2.53. The van der Waals surface area contributed by atoms with Gasteiger partial charge in [-0.25, -0.2) is 0 Å². The Kier molecular flexibility index (Phi) is 4.75. The highest BCUT2D eigenvalue weighted by Gasteiger charge is 2.21. The van der Waals surface area contributed by atoms with Crippen LogP contribution in [-0.2, 0) is 6.54 Å². The second-order valence-electron chi connectivity index (χ2n) is 5.51. The summed E-state index contributed by atoms with van der Waals surface area (Å²) in [6.07, 6.45) is 0. The molecule has 18 heavy (non-hydrogen) atoms. The van der Waals surface area contributed by atoms with Crippen LogP contribution in [0.2, 0.25) is 0 Å². The van der Waals surface area contributed by atoms with Crippen molar-refractivity contribution in [3.05, 3.63) is 35.4 Å². The van der Waals surface area contributed by atoms with Crippen molar-refractivity contribution >= 4 is 0 Å². The summed E-state index contributed by atoms with van der Waals surface area (Å²) in [7, 11) is 4.44. The molecule has 100 valence electrons. The van der Waals surface area contributed by atoms with Crippen LogP contribution in [0.15, 0.2) is 24.3 Å². The summed E-state index contributed by atoms with van der Waals surface area (Å²) in [5.74, 6) is 0. The topological polar surface area (TPSA) is 18.5 Å². The summed E-state index contributed by atoms with van der Waals surface area (Å²) >= 11 is 0. The maximum atomic E-state index is 3.57. The molecule has 0 spiro atoms. The van der Waals surface area contributed by atoms with E-state index in [9.17, 15) is 0 Å². The van der Waals surface area contributed by atoms with Crippen molar-refractivity contribution in [1.29, 1.82) is 0 Å². The first-order valence-corrected chi connectivity index (χ1v) is 6.80. The molecule has 1 heterocycles. The molecule has 1 N–H and O–H groups in total. The van der Waals surface area contributed by atoms with Gasteiger partial charge >= 0.3 is 0 Å². The monoisotopic (exact) mass is 247 g/mol. The Labute approximate surface area is 111 Å². The third kappa shape index (κ3) is 3.80. The van der Waals surface area contributed by atoms with Gasteiger partial charge in [0.25, 0.3) is 0 Å². The predicted molar refractivity (Wildman–Crippen MR) is 76.8 cm³/mol. The van der Waals surface area contributed by atoms with E-state index in [2.05, 4.69) is 60.4 Å². The minimum atomic E-state index is 0.634. The quantitative estimate of drug-likeness (QED) is 0.866. The van der Waals surface area contributed by atoms with Gasteiger partial charge in [-0.3, -0.25) is 4.90 Å². The number of hydrogen-bond acceptors (Lipinski definition) is 3. The van der Waals surface area contributed by atoms with Gasteiger partial charge in [0.1, 0.15) is 0 Å². The summed E-state index contributed by atoms with van der Waals surface area (Å²) in [5.41, 5.74) is 2.69. The van der Waals surface area contributed by atoms with Gasteiger partial charge in [0.05, 0.1) is 0 Å². The lowest BCUT2D eigenvalue weighted by molar-refractivity contribution is 0.113. The maximum Gasteiger partial charge on any atom is 0.0345 e. The standard InChI is InChI=1S/C15H25N3/c1-13-4-6-14(7-5-13)10-16-11-15-12-17(2)8-9-18(15)3/h4-7,15-16H,8-12H2,1-3H3. The number of piperazine rings is 1. The van der Waals surface area contributed by atoms with Crippen molar-refractivity contribution in [2.75, 3.05) is 40.3 Å². The lowest BCUT2D eigenvalue weighted by atomic mass is 10.1. The van der Waals surface area contributed by atoms with Gasteiger partial charge in [-0.2, -0.15) is 0 Å². The Balaban J connectivity index is 1.76. The van der Waals surface area contributed by atoms with Gasteiger partial charge in [-0.1, -0.05) is 29.8 Å². The van der Waals surface area contributed by atoms with E-state index in [1.165, 1.54) is 24.2 Å². The van der Waals surface area contributed by atoms with Crippen LogP contribution in [0.1, 0.15) is 11.1 Å². The smallest absolute Gasteiger partial charge is 0.0345 e. The predicted octanol–water partition coefficient (Wildman–Crippen LogP) is 1.33. The summed E-state index contributed by atoms with van der Waals surface area (Å²) < 4.78 is 0. The first-order chi connectivity index (χ1) is 8.65. The van der Waals surface area contributed by atoms with Crippen molar-refractivity contribution in [2.45, 2.75) is 19.5 Å². The fraction of sp³-hybridized carbons (Fsp3) is 0.600. The number of hydrogen-bond donors (Lipinski definition) is 1. The van der Waals surface area contributed by atoms with Gasteiger partial charge in [-0.05, 0) is 26.6 Å². The zero-order valence-electron chi connectivity index (χ0n) is 11.8. The Morgan fingerprint density at radius 1 is 1.17 bits per heavy atom. The molecule has 2 rings (SSSR count). The number of aryl methyl sites for hydroxylation is 1. The van der Waals surface area contributed by atoms with Crippen LogP contribution in [0.3, 0.4) is 0 Å². The molecule has 0 aromatic heterocycles. The fourth-order valence-corrected chi connectivity index (χ4v) is 2.41. The van der Waals surface area contributed by atoms with Crippen LogP contribution >= 0.6 is 0 Å². The first-order valence-electron chi connectivity index (χ1n) is 6.80. The first kappa shape index (κ1) is 13.5. The number of rotatable bonds is 4. The lowest BCUT2D eigenvalue weighted by Gasteiger charge is -2.37. The molecule has 1 aromatic carbocycles. The number of nitrogens with one attached hydrogen (secondary N) is 1. The molecule has 3 heteroatoms. The Morgan fingerprint density at radius 2 is 1.89 bits per heavy atom. The SMILES string of the molecule is Cc1ccc(CNCC2CN(C)CCN2C)cc1. The molecule has 1 saturated heterocycles. The van der Waals surface area contributed by atoms with Gasteiger partial charge in [-0.15, -0.1) is 0 Å². The molecular weight excluding hydrogens is 222 g/mol. The highest BCUT2D eigenvalue weighted by Crippen LogP contribution is 2.06. The van der Waals surface area contributed by atoms with E-state index < -0.39 is 0 Å². The minimum Gasteiger partial charge on any atom is -0.311 e. The second-order valence-corrected chi connectivity index (χ2v) is 5.51. The van der Waals surface area contributed by atoms with E-state index in [0.29, 0.717) is 6.04 Å². The molecule has 0 bridgehead atoms. The maximum absolute atomic E-state index is 3.57. The average Bonchev–Trinajstić information content (AvgIpc) is 2.36. The molecule has 3 nitrogen and oxygen atoms in total. The third-order valence-electron chi connectivity index (χ3n) is 3.81. The van der Waals surface area contributed by atoms with Crippen molar-refractivity contribution in [3.8, 4) is 0 Å². The van der Waals surface area contributed by atoms with Crippen LogP contribution in [0.25, 0.3) is 0 Å². The summed E-state index contributed by atoms with van der Waals surface area (Å²) in [6, 6.07) is 9.40. The Morgan fingerprint density at radius 3 is 2.61 bits per heavy atom. The Bertz CT molecular complexity index is 361. The van der Waals surface area contributed by atoms with Crippen molar-refractivity contribution in [3.63, 3.8) is 0 Å². The van der Waals surface area contributed by atoms with E-state index in [0.717, 1.165) is 19.6 Å². The van der Waals surface area contributed by atoms with Crippen LogP contribution in [0, 0.1) is 6.92 Å². The minimum absolute atomic E-state index is 0.634. The van der Waals surface area contributed by atoms with Gasteiger partial charge in [0, 0.05) is 38.8 Å².